The number of aryl methyl sites for hydroxylation is 1. The summed E-state index contributed by atoms with van der Waals surface area (Å²) in [4.78, 5) is 13.9. The molecule has 2 aromatic heterocycles. The van der Waals surface area contributed by atoms with Gasteiger partial charge in [-0.05, 0) is 43.3 Å². The molecular formula is C20H18N4O4S2. The van der Waals surface area contributed by atoms with Crippen molar-refractivity contribution in [3.8, 4) is 11.4 Å². The summed E-state index contributed by atoms with van der Waals surface area (Å²) in [7, 11) is -2.66. The fourth-order valence-corrected chi connectivity index (χ4v) is 4.87. The average Bonchev–Trinajstić information content (AvgIpc) is 3.29. The van der Waals surface area contributed by atoms with Crippen LogP contribution in [0.2, 0.25) is 0 Å². The molecule has 0 aliphatic heterocycles. The number of thiophene rings is 1. The zero-order chi connectivity index (χ0) is 21.5. The van der Waals surface area contributed by atoms with E-state index in [1.54, 1.807) is 16.8 Å². The quantitative estimate of drug-likeness (QED) is 0.492. The minimum Gasteiger partial charge on any atom is -0.495 e. The summed E-state index contributed by atoms with van der Waals surface area (Å²) in [5, 5.41) is 13.4. The molecule has 0 saturated heterocycles. The molecule has 0 atom stereocenters. The van der Waals surface area contributed by atoms with Gasteiger partial charge in [0.1, 0.15) is 15.5 Å². The van der Waals surface area contributed by atoms with Crippen molar-refractivity contribution in [1.82, 2.24) is 9.78 Å². The van der Waals surface area contributed by atoms with Crippen LogP contribution in [0.5, 0.6) is 5.75 Å². The van der Waals surface area contributed by atoms with Gasteiger partial charge in [0.25, 0.3) is 5.91 Å². The van der Waals surface area contributed by atoms with E-state index in [4.69, 9.17) is 9.88 Å². The maximum Gasteiger partial charge on any atom is 0.265 e. The third kappa shape index (κ3) is 3.67. The fourth-order valence-electron chi connectivity index (χ4n) is 3.07. The van der Waals surface area contributed by atoms with Gasteiger partial charge >= 0.3 is 0 Å². The van der Waals surface area contributed by atoms with Crippen LogP contribution in [0.25, 0.3) is 15.9 Å². The summed E-state index contributed by atoms with van der Waals surface area (Å²) in [5.74, 6) is -0.253. The Kier molecular flexibility index (Phi) is 5.06. The largest absolute Gasteiger partial charge is 0.495 e. The first-order valence-corrected chi connectivity index (χ1v) is 11.2. The number of hydrogen-bond acceptors (Lipinski definition) is 6. The predicted molar refractivity (Wildman–Crippen MR) is 116 cm³/mol. The topological polar surface area (TPSA) is 116 Å². The molecule has 2 aromatic carbocycles. The summed E-state index contributed by atoms with van der Waals surface area (Å²) in [6.45, 7) is 1.89. The molecule has 4 aromatic rings. The second-order valence-electron chi connectivity index (χ2n) is 6.53. The van der Waals surface area contributed by atoms with Gasteiger partial charge in [-0.1, -0.05) is 18.2 Å². The molecule has 2 heterocycles. The van der Waals surface area contributed by atoms with Crippen molar-refractivity contribution in [2.45, 2.75) is 11.8 Å². The van der Waals surface area contributed by atoms with E-state index in [1.807, 2.05) is 37.3 Å². The van der Waals surface area contributed by atoms with Gasteiger partial charge in [0.15, 0.2) is 0 Å². The number of ether oxygens (including phenoxy) is 1. The highest BCUT2D eigenvalue weighted by molar-refractivity contribution is 7.89. The van der Waals surface area contributed by atoms with Gasteiger partial charge in [-0.3, -0.25) is 4.79 Å². The number of methoxy groups -OCH3 is 1. The van der Waals surface area contributed by atoms with Crippen LogP contribution in [0, 0.1) is 6.92 Å². The van der Waals surface area contributed by atoms with Crippen LogP contribution in [0.15, 0.2) is 59.5 Å². The van der Waals surface area contributed by atoms with E-state index in [-0.39, 0.29) is 16.6 Å². The molecule has 10 heteroatoms. The number of fused-ring (bicyclic) bond motifs is 1. The number of aromatic nitrogens is 2. The monoisotopic (exact) mass is 442 g/mol. The van der Waals surface area contributed by atoms with Gasteiger partial charge in [0.2, 0.25) is 10.0 Å². The number of benzene rings is 2. The minimum atomic E-state index is -4.01. The van der Waals surface area contributed by atoms with Gasteiger partial charge < -0.3 is 10.1 Å². The highest BCUT2D eigenvalue weighted by atomic mass is 32.2. The van der Waals surface area contributed by atoms with Crippen molar-refractivity contribution in [2.24, 2.45) is 5.14 Å². The van der Waals surface area contributed by atoms with Crippen LogP contribution in [0.3, 0.4) is 0 Å². The van der Waals surface area contributed by atoms with Gasteiger partial charge in [-0.15, -0.1) is 11.3 Å². The molecule has 0 radical (unpaired) electrons. The Balaban J connectivity index is 1.68. The number of para-hydroxylation sites is 1. The van der Waals surface area contributed by atoms with Crippen molar-refractivity contribution in [2.75, 3.05) is 12.4 Å². The van der Waals surface area contributed by atoms with Crippen molar-refractivity contribution >= 4 is 43.2 Å². The highest BCUT2D eigenvalue weighted by Crippen LogP contribution is 2.31. The number of carbonyl (C=O) groups is 1. The molecule has 154 valence electrons. The number of primary sulfonamides is 1. The standard InChI is InChI=1S/C20H18N4O4S2/c1-12-15-11-17(29-20(15)24(23-12)14-6-4-3-5-7-14)19(25)22-13-8-9-16(28-2)18(10-13)30(21,26)27/h3-11H,1-2H3,(H,22,25)(H2,21,26,27). The zero-order valence-electron chi connectivity index (χ0n) is 16.1. The van der Waals surface area contributed by atoms with Crippen LogP contribution in [-0.4, -0.2) is 31.2 Å². The lowest BCUT2D eigenvalue weighted by atomic mass is 10.2. The second kappa shape index (κ2) is 7.56. The zero-order valence-corrected chi connectivity index (χ0v) is 17.8. The first-order chi connectivity index (χ1) is 14.3. The Morgan fingerprint density at radius 1 is 1.17 bits per heavy atom. The van der Waals surface area contributed by atoms with E-state index >= 15 is 0 Å². The van der Waals surface area contributed by atoms with Crippen LogP contribution in [0.4, 0.5) is 5.69 Å². The fraction of sp³-hybridized carbons (Fsp3) is 0.100. The number of hydrogen-bond donors (Lipinski definition) is 2. The Morgan fingerprint density at radius 2 is 1.90 bits per heavy atom. The van der Waals surface area contributed by atoms with Gasteiger partial charge in [0, 0.05) is 11.1 Å². The number of amides is 1. The third-order valence-electron chi connectivity index (χ3n) is 4.50. The highest BCUT2D eigenvalue weighted by Gasteiger charge is 2.19. The van der Waals surface area contributed by atoms with E-state index in [0.29, 0.717) is 10.6 Å². The van der Waals surface area contributed by atoms with E-state index < -0.39 is 10.0 Å². The van der Waals surface area contributed by atoms with Gasteiger partial charge in [0.05, 0.1) is 23.4 Å². The molecule has 1 amide bonds. The van der Waals surface area contributed by atoms with E-state index in [2.05, 4.69) is 10.4 Å². The molecule has 3 N–H and O–H groups in total. The number of sulfonamides is 1. The molecular weight excluding hydrogens is 424 g/mol. The smallest absolute Gasteiger partial charge is 0.265 e. The third-order valence-corrected chi connectivity index (χ3v) is 6.54. The first kappa shape index (κ1) is 20.1. The molecule has 0 spiro atoms. The lowest BCUT2D eigenvalue weighted by molar-refractivity contribution is 0.103. The number of rotatable bonds is 5. The van der Waals surface area contributed by atoms with Crippen molar-refractivity contribution < 1.29 is 17.9 Å². The summed E-state index contributed by atoms with van der Waals surface area (Å²) in [6.07, 6.45) is 0. The molecule has 0 fully saturated rings. The molecule has 30 heavy (non-hydrogen) atoms. The summed E-state index contributed by atoms with van der Waals surface area (Å²) < 4.78 is 30.4. The molecule has 0 saturated carbocycles. The molecule has 0 unspecified atom stereocenters. The minimum absolute atomic E-state index is 0.107. The van der Waals surface area contributed by atoms with E-state index in [9.17, 15) is 13.2 Å². The lowest BCUT2D eigenvalue weighted by Crippen LogP contribution is -2.15. The number of carbonyl (C=O) groups excluding carboxylic acids is 1. The number of anilines is 1. The summed E-state index contributed by atoms with van der Waals surface area (Å²) >= 11 is 1.31. The lowest BCUT2D eigenvalue weighted by Gasteiger charge is -2.09. The van der Waals surface area contributed by atoms with Crippen LogP contribution in [0.1, 0.15) is 15.4 Å². The average molecular weight is 443 g/mol. The Morgan fingerprint density at radius 3 is 2.57 bits per heavy atom. The molecule has 4 rings (SSSR count). The maximum absolute atomic E-state index is 12.8. The number of nitrogens with one attached hydrogen (secondary N) is 1. The first-order valence-electron chi connectivity index (χ1n) is 8.84. The Bertz CT molecular complexity index is 1360. The van der Waals surface area contributed by atoms with E-state index in [0.717, 1.165) is 21.6 Å². The number of nitrogens with zero attached hydrogens (tertiary/aromatic N) is 2. The van der Waals surface area contributed by atoms with Crippen LogP contribution in [-0.2, 0) is 10.0 Å². The maximum atomic E-state index is 12.8. The normalized spacial score (nSPS) is 11.6. The van der Waals surface area contributed by atoms with Gasteiger partial charge in [-0.25, -0.2) is 18.2 Å². The SMILES string of the molecule is COc1ccc(NC(=O)c2cc3c(C)nn(-c4ccccc4)c3s2)cc1S(N)(=O)=O. The molecule has 0 aliphatic carbocycles. The van der Waals surface area contributed by atoms with E-state index in [1.165, 1.54) is 30.6 Å². The second-order valence-corrected chi connectivity index (χ2v) is 9.09. The van der Waals surface area contributed by atoms with Crippen molar-refractivity contribution in [3.05, 3.63) is 65.2 Å². The summed E-state index contributed by atoms with van der Waals surface area (Å²) in [5.41, 5.74) is 2.01. The van der Waals surface area contributed by atoms with Crippen molar-refractivity contribution in [3.63, 3.8) is 0 Å². The van der Waals surface area contributed by atoms with Gasteiger partial charge in [-0.2, -0.15) is 5.10 Å². The molecule has 0 bridgehead atoms. The molecule has 8 nitrogen and oxygen atoms in total. The Hall–Kier alpha value is -3.21. The van der Waals surface area contributed by atoms with Crippen molar-refractivity contribution in [1.29, 1.82) is 0 Å². The predicted octanol–water partition coefficient (Wildman–Crippen LogP) is 3.30. The van der Waals surface area contributed by atoms with Crippen LogP contribution < -0.4 is 15.2 Å². The summed E-state index contributed by atoms with van der Waals surface area (Å²) in [6, 6.07) is 15.7. The Labute approximate surface area is 176 Å². The molecule has 0 aliphatic rings. The number of nitrogens with two attached hydrogens (primary N) is 1. The van der Waals surface area contributed by atoms with Crippen LogP contribution >= 0.6 is 11.3 Å².